The molecule has 0 saturated carbocycles. The standard InChI is InChI=1S/C12H16N4O2S/c1-2-3-8-13-12(19)15-14-9-10-4-6-11(7-5-10)16(17)18/h4-7,9H,2-3,8H2,1H3,(H2,13,15,19). The van der Waals surface area contributed by atoms with E-state index < -0.39 is 4.92 Å². The molecule has 0 radical (unpaired) electrons. The van der Waals surface area contributed by atoms with Gasteiger partial charge in [0.1, 0.15) is 0 Å². The van der Waals surface area contributed by atoms with Crippen molar-refractivity contribution in [3.05, 3.63) is 39.9 Å². The Morgan fingerprint density at radius 2 is 2.16 bits per heavy atom. The van der Waals surface area contributed by atoms with E-state index in [2.05, 4.69) is 22.8 Å². The Labute approximate surface area is 117 Å². The first-order valence-corrected chi connectivity index (χ1v) is 6.35. The summed E-state index contributed by atoms with van der Waals surface area (Å²) in [7, 11) is 0. The van der Waals surface area contributed by atoms with Gasteiger partial charge in [0.2, 0.25) is 0 Å². The fraction of sp³-hybridized carbons (Fsp3) is 0.333. The van der Waals surface area contributed by atoms with E-state index in [0.29, 0.717) is 5.11 Å². The number of nitro benzene ring substituents is 1. The Bertz CT molecular complexity index is 459. The predicted octanol–water partition coefficient (Wildman–Crippen LogP) is 2.19. The quantitative estimate of drug-likeness (QED) is 0.274. The van der Waals surface area contributed by atoms with Crippen molar-refractivity contribution in [2.45, 2.75) is 19.8 Å². The maximum Gasteiger partial charge on any atom is 0.269 e. The number of rotatable bonds is 6. The smallest absolute Gasteiger partial charge is 0.269 e. The largest absolute Gasteiger partial charge is 0.361 e. The SMILES string of the molecule is CCCCNC(=S)NN=Cc1ccc([N+](=O)[O-])cc1. The summed E-state index contributed by atoms with van der Waals surface area (Å²) in [5, 5.41) is 17.9. The normalized spacial score (nSPS) is 10.4. The number of non-ortho nitro benzene ring substituents is 1. The van der Waals surface area contributed by atoms with E-state index in [1.807, 2.05) is 0 Å². The highest BCUT2D eigenvalue weighted by molar-refractivity contribution is 7.80. The van der Waals surface area contributed by atoms with Gasteiger partial charge in [-0.2, -0.15) is 5.10 Å². The molecule has 0 bridgehead atoms. The number of unbranched alkanes of at least 4 members (excludes halogenated alkanes) is 1. The van der Waals surface area contributed by atoms with Crippen molar-refractivity contribution in [2.75, 3.05) is 6.54 Å². The van der Waals surface area contributed by atoms with Crippen molar-refractivity contribution in [1.29, 1.82) is 0 Å². The highest BCUT2D eigenvalue weighted by Gasteiger charge is 2.02. The number of benzene rings is 1. The molecule has 1 aromatic rings. The van der Waals surface area contributed by atoms with Gasteiger partial charge in [-0.3, -0.25) is 15.5 Å². The van der Waals surface area contributed by atoms with Crippen LogP contribution in [0.1, 0.15) is 25.3 Å². The molecule has 0 aliphatic carbocycles. The molecule has 7 heteroatoms. The molecule has 0 amide bonds. The van der Waals surface area contributed by atoms with Crippen LogP contribution in [0.2, 0.25) is 0 Å². The van der Waals surface area contributed by atoms with E-state index in [0.717, 1.165) is 24.9 Å². The van der Waals surface area contributed by atoms with E-state index in [4.69, 9.17) is 12.2 Å². The lowest BCUT2D eigenvalue weighted by Gasteiger charge is -2.05. The molecule has 0 aromatic heterocycles. The number of hydrogen-bond donors (Lipinski definition) is 2. The van der Waals surface area contributed by atoms with Crippen molar-refractivity contribution >= 4 is 29.2 Å². The van der Waals surface area contributed by atoms with Gasteiger partial charge in [0.05, 0.1) is 11.1 Å². The van der Waals surface area contributed by atoms with Gasteiger partial charge >= 0.3 is 0 Å². The second-order valence-corrected chi connectivity index (χ2v) is 4.24. The van der Waals surface area contributed by atoms with Crippen LogP contribution in [-0.2, 0) is 0 Å². The molecular weight excluding hydrogens is 264 g/mol. The molecular formula is C12H16N4O2S. The number of nitrogens with zero attached hydrogens (tertiary/aromatic N) is 2. The van der Waals surface area contributed by atoms with Gasteiger partial charge in [0, 0.05) is 18.7 Å². The van der Waals surface area contributed by atoms with E-state index in [9.17, 15) is 10.1 Å². The van der Waals surface area contributed by atoms with Crippen LogP contribution in [0.25, 0.3) is 0 Å². The first-order valence-electron chi connectivity index (χ1n) is 5.95. The maximum atomic E-state index is 10.5. The topological polar surface area (TPSA) is 79.6 Å². The zero-order valence-electron chi connectivity index (χ0n) is 10.6. The Hall–Kier alpha value is -2.02. The Morgan fingerprint density at radius 1 is 1.47 bits per heavy atom. The van der Waals surface area contributed by atoms with Crippen molar-refractivity contribution in [3.8, 4) is 0 Å². The van der Waals surface area contributed by atoms with Crippen molar-refractivity contribution < 1.29 is 4.92 Å². The number of hydrogen-bond acceptors (Lipinski definition) is 4. The highest BCUT2D eigenvalue weighted by atomic mass is 32.1. The molecule has 0 unspecified atom stereocenters. The van der Waals surface area contributed by atoms with Gasteiger partial charge in [-0.05, 0) is 36.3 Å². The van der Waals surface area contributed by atoms with Gasteiger partial charge in [0.25, 0.3) is 5.69 Å². The minimum absolute atomic E-state index is 0.0573. The molecule has 6 nitrogen and oxygen atoms in total. The van der Waals surface area contributed by atoms with Crippen molar-refractivity contribution in [3.63, 3.8) is 0 Å². The zero-order chi connectivity index (χ0) is 14.1. The molecule has 0 aliphatic rings. The molecule has 1 rings (SSSR count). The molecule has 19 heavy (non-hydrogen) atoms. The minimum atomic E-state index is -0.439. The van der Waals surface area contributed by atoms with Gasteiger partial charge in [-0.15, -0.1) is 0 Å². The van der Waals surface area contributed by atoms with Gasteiger partial charge < -0.3 is 5.32 Å². The Balaban J connectivity index is 2.40. The fourth-order valence-corrected chi connectivity index (χ4v) is 1.42. The first-order chi connectivity index (χ1) is 9.13. The molecule has 0 fully saturated rings. The predicted molar refractivity (Wildman–Crippen MR) is 79.3 cm³/mol. The third-order valence-electron chi connectivity index (χ3n) is 2.30. The summed E-state index contributed by atoms with van der Waals surface area (Å²) in [5.74, 6) is 0. The third-order valence-corrected chi connectivity index (χ3v) is 2.54. The highest BCUT2D eigenvalue weighted by Crippen LogP contribution is 2.10. The Morgan fingerprint density at radius 3 is 2.74 bits per heavy atom. The Kier molecular flexibility index (Phi) is 6.45. The maximum absolute atomic E-state index is 10.5. The van der Waals surface area contributed by atoms with Crippen LogP contribution in [0.4, 0.5) is 5.69 Å². The average molecular weight is 280 g/mol. The first kappa shape index (κ1) is 15.0. The summed E-state index contributed by atoms with van der Waals surface area (Å²) in [6.45, 7) is 2.92. The van der Waals surface area contributed by atoms with Gasteiger partial charge in [0.15, 0.2) is 5.11 Å². The summed E-state index contributed by atoms with van der Waals surface area (Å²) < 4.78 is 0. The average Bonchev–Trinajstić information content (AvgIpc) is 2.39. The molecule has 2 N–H and O–H groups in total. The molecule has 0 heterocycles. The minimum Gasteiger partial charge on any atom is -0.361 e. The number of nitro groups is 1. The molecule has 0 aliphatic heterocycles. The monoisotopic (exact) mass is 280 g/mol. The summed E-state index contributed by atoms with van der Waals surface area (Å²) >= 11 is 5.01. The molecule has 0 spiro atoms. The van der Waals surface area contributed by atoms with Crippen LogP contribution >= 0.6 is 12.2 Å². The van der Waals surface area contributed by atoms with E-state index in [1.165, 1.54) is 12.1 Å². The molecule has 0 saturated heterocycles. The van der Waals surface area contributed by atoms with Crippen LogP contribution < -0.4 is 10.7 Å². The number of nitrogens with one attached hydrogen (secondary N) is 2. The van der Waals surface area contributed by atoms with E-state index in [-0.39, 0.29) is 5.69 Å². The zero-order valence-corrected chi connectivity index (χ0v) is 11.4. The summed E-state index contributed by atoms with van der Waals surface area (Å²) in [6.07, 6.45) is 3.70. The summed E-state index contributed by atoms with van der Waals surface area (Å²) in [5.41, 5.74) is 3.50. The third kappa shape index (κ3) is 5.91. The second-order valence-electron chi connectivity index (χ2n) is 3.83. The van der Waals surface area contributed by atoms with Crippen LogP contribution in [0, 0.1) is 10.1 Å². The molecule has 102 valence electrons. The van der Waals surface area contributed by atoms with Crippen molar-refractivity contribution in [1.82, 2.24) is 10.7 Å². The fourth-order valence-electron chi connectivity index (χ4n) is 1.27. The molecule has 0 atom stereocenters. The lowest BCUT2D eigenvalue weighted by Crippen LogP contribution is -2.32. The van der Waals surface area contributed by atoms with E-state index >= 15 is 0 Å². The van der Waals surface area contributed by atoms with E-state index in [1.54, 1.807) is 18.3 Å². The molecule has 1 aromatic carbocycles. The lowest BCUT2D eigenvalue weighted by molar-refractivity contribution is -0.384. The van der Waals surface area contributed by atoms with Crippen molar-refractivity contribution in [2.24, 2.45) is 5.10 Å². The lowest BCUT2D eigenvalue weighted by atomic mass is 10.2. The van der Waals surface area contributed by atoms with Crippen LogP contribution in [0.15, 0.2) is 29.4 Å². The second kappa shape index (κ2) is 8.15. The summed E-state index contributed by atoms with van der Waals surface area (Å²) in [6, 6.07) is 6.10. The summed E-state index contributed by atoms with van der Waals surface area (Å²) in [4.78, 5) is 10.0. The van der Waals surface area contributed by atoms with Crippen LogP contribution in [-0.4, -0.2) is 22.8 Å². The van der Waals surface area contributed by atoms with Crippen LogP contribution in [0.3, 0.4) is 0 Å². The van der Waals surface area contributed by atoms with Gasteiger partial charge in [-0.1, -0.05) is 13.3 Å². The van der Waals surface area contributed by atoms with Crippen LogP contribution in [0.5, 0.6) is 0 Å². The number of hydrazone groups is 1. The van der Waals surface area contributed by atoms with Gasteiger partial charge in [-0.25, -0.2) is 0 Å². The number of thiocarbonyl (C=S) groups is 1.